The average Bonchev–Trinajstić information content (AvgIpc) is 2.95. The lowest BCUT2D eigenvalue weighted by molar-refractivity contribution is 0.336. The maximum absolute atomic E-state index is 9.94. The Morgan fingerprint density at radius 2 is 2.04 bits per heavy atom. The van der Waals surface area contributed by atoms with Gasteiger partial charge in [-0.2, -0.15) is 0 Å². The Morgan fingerprint density at radius 3 is 2.79 bits per heavy atom. The van der Waals surface area contributed by atoms with E-state index in [4.69, 9.17) is 9.15 Å². The number of hydrogen-bond acceptors (Lipinski definition) is 5. The minimum Gasteiger partial charge on any atom is -0.497 e. The van der Waals surface area contributed by atoms with Crippen LogP contribution in [0.5, 0.6) is 11.7 Å². The highest BCUT2D eigenvalue weighted by atomic mass is 79.9. The second-order valence-corrected chi connectivity index (χ2v) is 6.57. The molecule has 0 aliphatic heterocycles. The molecule has 2 aromatic carbocycles. The molecule has 0 aliphatic rings. The van der Waals surface area contributed by atoms with E-state index in [0.29, 0.717) is 22.9 Å². The topological polar surface area (TPSA) is 67.9 Å². The van der Waals surface area contributed by atoms with Gasteiger partial charge in [-0.1, -0.05) is 22.0 Å². The van der Waals surface area contributed by atoms with Gasteiger partial charge in [-0.05, 0) is 52.3 Å². The third-order valence-corrected chi connectivity index (χ3v) is 4.32. The van der Waals surface area contributed by atoms with Gasteiger partial charge in [-0.15, -0.1) is 0 Å². The first-order chi connectivity index (χ1) is 11.6. The molecule has 0 spiro atoms. The number of benzene rings is 2. The van der Waals surface area contributed by atoms with E-state index >= 15 is 0 Å². The predicted octanol–water partition coefficient (Wildman–Crippen LogP) is 5.33. The predicted molar refractivity (Wildman–Crippen MR) is 99.3 cm³/mol. The molecular formula is C17H12Br2N2O3. The summed E-state index contributed by atoms with van der Waals surface area (Å²) in [7, 11) is 1.58. The van der Waals surface area contributed by atoms with Crippen LogP contribution in [0.1, 0.15) is 5.69 Å². The highest BCUT2D eigenvalue weighted by Crippen LogP contribution is 2.30. The van der Waals surface area contributed by atoms with E-state index in [0.717, 1.165) is 8.95 Å². The van der Waals surface area contributed by atoms with Gasteiger partial charge in [0, 0.05) is 14.5 Å². The van der Waals surface area contributed by atoms with Crippen LogP contribution >= 0.6 is 31.9 Å². The summed E-state index contributed by atoms with van der Waals surface area (Å²) in [5.74, 6) is 0.687. The van der Waals surface area contributed by atoms with Crippen molar-refractivity contribution in [3.63, 3.8) is 0 Å². The molecule has 5 nitrogen and oxygen atoms in total. The molecule has 0 amide bonds. The van der Waals surface area contributed by atoms with E-state index in [2.05, 4.69) is 41.8 Å². The zero-order valence-corrected chi connectivity index (χ0v) is 15.7. The lowest BCUT2D eigenvalue weighted by Gasteiger charge is -2.00. The molecule has 1 N–H and O–H groups in total. The van der Waals surface area contributed by atoms with E-state index in [-0.39, 0.29) is 11.6 Å². The molecule has 0 saturated heterocycles. The molecular weight excluding hydrogens is 440 g/mol. The molecule has 3 aromatic rings. The molecule has 0 bridgehead atoms. The highest BCUT2D eigenvalue weighted by molar-refractivity contribution is 9.11. The number of aliphatic imine (C=N–C) groups is 1. The van der Waals surface area contributed by atoms with Crippen molar-refractivity contribution in [3.05, 3.63) is 57.1 Å². The van der Waals surface area contributed by atoms with Gasteiger partial charge in [-0.3, -0.25) is 4.99 Å². The Balaban J connectivity index is 1.90. The van der Waals surface area contributed by atoms with Gasteiger partial charge in [0.2, 0.25) is 5.89 Å². The van der Waals surface area contributed by atoms with Crippen molar-refractivity contribution in [2.45, 2.75) is 0 Å². The Morgan fingerprint density at radius 1 is 1.21 bits per heavy atom. The van der Waals surface area contributed by atoms with Gasteiger partial charge < -0.3 is 14.3 Å². The number of oxazole rings is 1. The van der Waals surface area contributed by atoms with Crippen molar-refractivity contribution >= 4 is 43.8 Å². The zero-order chi connectivity index (χ0) is 17.1. The van der Waals surface area contributed by atoms with Crippen molar-refractivity contribution in [3.8, 4) is 23.1 Å². The van der Waals surface area contributed by atoms with Crippen LogP contribution in [0.15, 0.2) is 60.8 Å². The summed E-state index contributed by atoms with van der Waals surface area (Å²) >= 11 is 6.82. The van der Waals surface area contributed by atoms with Crippen LogP contribution in [0.4, 0.5) is 5.69 Å². The summed E-state index contributed by atoms with van der Waals surface area (Å²) in [4.78, 5) is 8.59. The second-order valence-electron chi connectivity index (χ2n) is 4.80. The van der Waals surface area contributed by atoms with Crippen LogP contribution in [0.2, 0.25) is 0 Å². The molecule has 7 heteroatoms. The minimum absolute atomic E-state index is 0.252. The molecule has 0 atom stereocenters. The molecule has 0 aliphatic carbocycles. The number of methoxy groups -OCH3 is 1. The molecule has 1 aromatic heterocycles. The lowest BCUT2D eigenvalue weighted by atomic mass is 10.2. The highest BCUT2D eigenvalue weighted by Gasteiger charge is 2.13. The molecule has 1 heterocycles. The second kappa shape index (κ2) is 7.19. The Hall–Kier alpha value is -2.12. The fourth-order valence-corrected chi connectivity index (χ4v) is 3.15. The average molecular weight is 452 g/mol. The third-order valence-electron chi connectivity index (χ3n) is 3.19. The Kier molecular flexibility index (Phi) is 5.01. The van der Waals surface area contributed by atoms with Crippen LogP contribution in [-0.2, 0) is 0 Å². The van der Waals surface area contributed by atoms with E-state index in [1.807, 2.05) is 36.4 Å². The number of nitrogens with zero attached hydrogens (tertiary/aromatic N) is 2. The van der Waals surface area contributed by atoms with Crippen LogP contribution < -0.4 is 4.74 Å². The summed E-state index contributed by atoms with van der Waals surface area (Å²) in [5, 5.41) is 9.94. The van der Waals surface area contributed by atoms with Crippen molar-refractivity contribution in [2.75, 3.05) is 7.11 Å². The third kappa shape index (κ3) is 3.68. The van der Waals surface area contributed by atoms with E-state index in [1.54, 1.807) is 13.2 Å². The quantitative estimate of drug-likeness (QED) is 0.544. The van der Waals surface area contributed by atoms with E-state index in [1.165, 1.54) is 6.21 Å². The first-order valence-electron chi connectivity index (χ1n) is 6.90. The van der Waals surface area contributed by atoms with Crippen LogP contribution in [-0.4, -0.2) is 23.4 Å². The summed E-state index contributed by atoms with van der Waals surface area (Å²) in [5.41, 5.74) is 1.67. The number of ether oxygens (including phenoxy) is 1. The van der Waals surface area contributed by atoms with Crippen molar-refractivity contribution < 1.29 is 14.3 Å². The smallest absolute Gasteiger partial charge is 0.312 e. The molecule has 24 heavy (non-hydrogen) atoms. The molecule has 0 unspecified atom stereocenters. The van der Waals surface area contributed by atoms with Crippen molar-refractivity contribution in [2.24, 2.45) is 4.99 Å². The summed E-state index contributed by atoms with van der Waals surface area (Å²) in [6, 6.07) is 12.8. The number of aromatic nitrogens is 1. The lowest BCUT2D eigenvalue weighted by Crippen LogP contribution is -1.85. The summed E-state index contributed by atoms with van der Waals surface area (Å²) in [6.45, 7) is 0. The molecule has 0 fully saturated rings. The van der Waals surface area contributed by atoms with Gasteiger partial charge >= 0.3 is 5.95 Å². The standard InChI is InChI=1S/C17H12Br2N2O3/c1-23-12-4-2-3-10(7-12)16-21-15(17(22)24-16)9-20-14-6-5-11(18)8-13(14)19/h2-9,22H,1H3. The Bertz CT molecular complexity index is 907. The summed E-state index contributed by atoms with van der Waals surface area (Å²) in [6.07, 6.45) is 1.45. The van der Waals surface area contributed by atoms with Gasteiger partial charge in [-0.25, -0.2) is 4.98 Å². The van der Waals surface area contributed by atoms with Gasteiger partial charge in [0.05, 0.1) is 19.0 Å². The van der Waals surface area contributed by atoms with Crippen LogP contribution in [0.3, 0.4) is 0 Å². The largest absolute Gasteiger partial charge is 0.497 e. The fourth-order valence-electron chi connectivity index (χ4n) is 2.00. The first kappa shape index (κ1) is 16.7. The Labute approximate surface area is 155 Å². The number of aromatic hydroxyl groups is 1. The summed E-state index contributed by atoms with van der Waals surface area (Å²) < 4.78 is 12.3. The van der Waals surface area contributed by atoms with Crippen LogP contribution in [0, 0.1) is 0 Å². The minimum atomic E-state index is -0.287. The van der Waals surface area contributed by atoms with Crippen molar-refractivity contribution in [1.29, 1.82) is 0 Å². The van der Waals surface area contributed by atoms with Crippen LogP contribution in [0.25, 0.3) is 11.5 Å². The number of halogens is 2. The van der Waals surface area contributed by atoms with E-state index in [9.17, 15) is 5.11 Å². The molecule has 0 saturated carbocycles. The normalized spacial score (nSPS) is 11.1. The van der Waals surface area contributed by atoms with Gasteiger partial charge in [0.15, 0.2) is 5.69 Å². The zero-order valence-electron chi connectivity index (χ0n) is 12.5. The fraction of sp³-hybridized carbons (Fsp3) is 0.0588. The van der Waals surface area contributed by atoms with Gasteiger partial charge in [0.25, 0.3) is 0 Å². The maximum atomic E-state index is 9.94. The number of rotatable bonds is 4. The van der Waals surface area contributed by atoms with Crippen molar-refractivity contribution in [1.82, 2.24) is 4.98 Å². The molecule has 0 radical (unpaired) electrons. The maximum Gasteiger partial charge on any atom is 0.312 e. The SMILES string of the molecule is COc1cccc(-c2nc(C=Nc3ccc(Br)cc3Br)c(O)o2)c1. The van der Waals surface area contributed by atoms with Gasteiger partial charge in [0.1, 0.15) is 5.75 Å². The van der Waals surface area contributed by atoms with E-state index < -0.39 is 0 Å². The molecule has 3 rings (SSSR count). The molecule has 122 valence electrons. The monoisotopic (exact) mass is 450 g/mol. The first-order valence-corrected chi connectivity index (χ1v) is 8.49. The number of hydrogen-bond donors (Lipinski definition) is 1.